The monoisotopic (exact) mass is 1520 g/mol. The topological polar surface area (TPSA) is 490 Å². The lowest BCUT2D eigenvalue weighted by atomic mass is 9.74. The number of carboxylic acid groups (broad SMARTS) is 2. The van der Waals surface area contributed by atoms with Gasteiger partial charge in [0.05, 0.1) is 47.6 Å². The smallest absolute Gasteiger partial charge is 0.333 e. The summed E-state index contributed by atoms with van der Waals surface area (Å²) in [6.07, 6.45) is 2.87. The minimum absolute atomic E-state index is 0.00435. The Kier molecular flexibility index (Phi) is 19.0. The lowest BCUT2D eigenvalue weighted by Crippen LogP contribution is -2.50. The van der Waals surface area contributed by atoms with E-state index in [4.69, 9.17) is 66.3 Å². The molecule has 0 amide bonds. The van der Waals surface area contributed by atoms with Crippen LogP contribution in [0.15, 0.2) is 74.4 Å². The number of hydrogen-bond donors (Lipinski definition) is 2. The first kappa shape index (κ1) is 76.1. The van der Waals surface area contributed by atoms with E-state index in [1.54, 1.807) is 6.92 Å². The predicted molar refractivity (Wildman–Crippen MR) is 346 cm³/mol. The van der Waals surface area contributed by atoms with Gasteiger partial charge < -0.3 is 76.5 Å². The average molecular weight is 1520 g/mol. The summed E-state index contributed by atoms with van der Waals surface area (Å²) in [4.78, 5) is 183. The highest BCUT2D eigenvalue weighted by Crippen LogP contribution is 2.68. The number of fused-ring (bicyclic) bond motifs is 6. The number of nitrogens with zero attached hydrogens (tertiary/aromatic N) is 2. The van der Waals surface area contributed by atoms with Gasteiger partial charge in [-0.25, -0.2) is 28.8 Å². The molecule has 34 nitrogen and oxygen atoms in total. The quantitative estimate of drug-likeness (QED) is 0.0862. The van der Waals surface area contributed by atoms with Crippen LogP contribution < -0.4 is 0 Å². The van der Waals surface area contributed by atoms with Crippen LogP contribution >= 0.6 is 0 Å². The molecule has 6 saturated heterocycles. The minimum Gasteiger partial charge on any atom is -0.481 e. The Morgan fingerprint density at radius 3 is 1.16 bits per heavy atom. The third-order valence-corrected chi connectivity index (χ3v) is 25.9. The molecule has 0 spiro atoms. The molecule has 30 unspecified atom stereocenters. The second kappa shape index (κ2) is 27.3. The van der Waals surface area contributed by atoms with Crippen LogP contribution in [0.25, 0.3) is 0 Å². The molecule has 34 heteroatoms. The number of ether oxygens (including phenoxy) is 14. The van der Waals surface area contributed by atoms with Gasteiger partial charge in [-0.3, -0.25) is 47.9 Å². The van der Waals surface area contributed by atoms with Crippen molar-refractivity contribution in [3.05, 3.63) is 74.4 Å². The molecule has 18 rings (SSSR count). The largest absolute Gasteiger partial charge is 0.481 e. The van der Waals surface area contributed by atoms with E-state index in [2.05, 4.69) is 51.6 Å². The first-order valence-electron chi connectivity index (χ1n) is 35.5. The Labute approximate surface area is 619 Å². The van der Waals surface area contributed by atoms with Gasteiger partial charge in [-0.2, -0.15) is 10.5 Å². The van der Waals surface area contributed by atoms with E-state index in [9.17, 15) is 97.4 Å². The number of carboxylic acids is 2. The zero-order valence-corrected chi connectivity index (χ0v) is 59.0. The maximum atomic E-state index is 11.8. The second-order valence-electron chi connectivity index (χ2n) is 31.3. The van der Waals surface area contributed by atoms with E-state index in [0.717, 1.165) is 31.1 Å². The fourth-order valence-corrected chi connectivity index (χ4v) is 21.3. The number of carbonyl (C=O) groups is 16. The number of esters is 12. The summed E-state index contributed by atoms with van der Waals surface area (Å²) >= 11 is 0. The highest BCUT2D eigenvalue weighted by molar-refractivity contribution is 5.92. The van der Waals surface area contributed by atoms with Gasteiger partial charge in [-0.1, -0.05) is 39.5 Å². The van der Waals surface area contributed by atoms with Gasteiger partial charge >= 0.3 is 83.6 Å². The Morgan fingerprint density at radius 1 is 0.431 bits per heavy atom. The molecule has 12 bridgehead atoms. The summed E-state index contributed by atoms with van der Waals surface area (Å²) in [5.74, 6) is -12.8. The van der Waals surface area contributed by atoms with Crippen molar-refractivity contribution in [3.8, 4) is 12.1 Å². The Morgan fingerprint density at radius 2 is 0.780 bits per heavy atom. The molecule has 0 aromatic carbocycles. The van der Waals surface area contributed by atoms with E-state index in [1.807, 2.05) is 0 Å². The van der Waals surface area contributed by atoms with Crippen LogP contribution in [0.2, 0.25) is 0 Å². The highest BCUT2D eigenvalue weighted by Gasteiger charge is 2.79. The van der Waals surface area contributed by atoms with Crippen molar-refractivity contribution >= 4 is 96.5 Å². The third-order valence-electron chi connectivity index (χ3n) is 25.9. The fourth-order valence-electron chi connectivity index (χ4n) is 21.3. The van der Waals surface area contributed by atoms with Crippen molar-refractivity contribution < 1.29 is 153 Å². The average Bonchev–Trinajstić information content (AvgIpc) is 1.57. The van der Waals surface area contributed by atoms with Crippen LogP contribution in [0.5, 0.6) is 0 Å². The summed E-state index contributed by atoms with van der Waals surface area (Å²) in [7, 11) is 0. The normalized spacial score (nSPS) is 43.2. The summed E-state index contributed by atoms with van der Waals surface area (Å²) < 4.78 is 72.9. The molecule has 12 saturated carbocycles. The van der Waals surface area contributed by atoms with Crippen molar-refractivity contribution in [1.82, 2.24) is 0 Å². The second-order valence-corrected chi connectivity index (χ2v) is 31.3. The zero-order chi connectivity index (χ0) is 79.0. The van der Waals surface area contributed by atoms with E-state index in [0.29, 0.717) is 56.9 Å². The van der Waals surface area contributed by atoms with Crippen LogP contribution in [0.1, 0.15) is 97.8 Å². The lowest BCUT2D eigenvalue weighted by molar-refractivity contribution is -0.251. The standard InChI is InChI=1S/C13H13NO4.2C13H14O6.C12H11NO4.2C12H12O6/c1-6(2)11(15)17-9-7-3-8-10(9)18-12(16)13(8,4-7)5-14;1-6(2)11(15)18-10-7-3-8-9(4-7)13(10,17-5-14)19-12(8)16;1-5(2)10(14)19-9-8-6-3-13(9,12(16)17)4-7(6)11(15)18-8;1-2-8(14)16-9-6-3-7-10(9)17-11(15)12(7,4-6)5-13;1-2-9(14)17-10-6-3-7-8(4-6)12(10,16-5-13)18-11(7)15;1-2-7(13)17-9-8-5-3-12(9,11(15)16)4-6(5)10(14)18-8/h7-10H,1,3-4H2,2H3;5,7-10H,1,3-4H2,2H3;6-9H,1,3-4H2,2H3,(H,16,17);2,6-7,9-10H,1,3-4H2;2,5-8,10H,1,3-4H2;2,5-6,8-9H,1,3-4H2,(H,15,16). The van der Waals surface area contributed by atoms with Crippen molar-refractivity contribution in [3.63, 3.8) is 0 Å². The summed E-state index contributed by atoms with van der Waals surface area (Å²) in [5.41, 5.74) is -3.54. The van der Waals surface area contributed by atoms with Gasteiger partial charge in [0.2, 0.25) is 0 Å². The SMILES string of the molecule is C=C(C)C(=O)OC1C2CC3C(=O)OC1(OC=O)C3C2.C=C(C)C(=O)OC1C2CC3C1OC(=O)C3(C#N)C2.C=C(C)C(=O)OC1C2OC(=O)C3CC1(C(=O)O)CC32.C=CC(=O)OC1C2CC3C(=O)OC1(OC=O)C3C2.C=CC(=O)OC1C2CC3C1OC(=O)C3(C#N)C2.C=CC(=O)OC1C2OC(=O)C3CC1(C(=O)O)CC32. The molecule has 30 atom stereocenters. The molecular weight excluding hydrogens is 1440 g/mol. The molecule has 12 aliphatic carbocycles. The van der Waals surface area contributed by atoms with E-state index in [1.165, 1.54) is 13.8 Å². The molecule has 0 radical (unpaired) electrons. The molecule has 2 N–H and O–H groups in total. The van der Waals surface area contributed by atoms with Crippen molar-refractivity contribution in [2.45, 2.75) is 170 Å². The molecule has 578 valence electrons. The molecule has 18 fully saturated rings. The van der Waals surface area contributed by atoms with Crippen LogP contribution in [0.4, 0.5) is 0 Å². The Hall–Kier alpha value is -11.1. The molecule has 109 heavy (non-hydrogen) atoms. The number of aliphatic carboxylic acids is 2. The highest BCUT2D eigenvalue weighted by atomic mass is 16.8. The molecule has 6 aliphatic heterocycles. The first-order chi connectivity index (χ1) is 51.6. The maximum absolute atomic E-state index is 11.8. The maximum Gasteiger partial charge on any atom is 0.333 e. The van der Waals surface area contributed by atoms with Crippen LogP contribution in [0, 0.1) is 127 Å². The van der Waals surface area contributed by atoms with Crippen molar-refractivity contribution in [1.29, 1.82) is 10.5 Å². The number of hydrogen-bond acceptors (Lipinski definition) is 32. The summed E-state index contributed by atoms with van der Waals surface area (Å²) in [6.45, 7) is 25.5. The Balaban J connectivity index is 0.000000115. The molecule has 6 heterocycles. The number of rotatable bonds is 18. The summed E-state index contributed by atoms with van der Waals surface area (Å²) in [6, 6.07) is 4.22. The van der Waals surface area contributed by atoms with E-state index < -0.39 is 154 Å². The lowest BCUT2D eigenvalue weighted by Gasteiger charge is -2.34. The zero-order valence-electron chi connectivity index (χ0n) is 59.0. The summed E-state index contributed by atoms with van der Waals surface area (Å²) in [5, 5.41) is 37.3. The van der Waals surface area contributed by atoms with Crippen molar-refractivity contribution in [2.75, 3.05) is 0 Å². The van der Waals surface area contributed by atoms with Gasteiger partial charge in [-0.15, -0.1) is 0 Å². The van der Waals surface area contributed by atoms with Gasteiger partial charge in [0.1, 0.15) is 47.5 Å². The van der Waals surface area contributed by atoms with Crippen LogP contribution in [-0.4, -0.2) is 179 Å². The number of carbonyl (C=O) groups excluding carboxylic acids is 14. The van der Waals surface area contributed by atoms with Gasteiger partial charge in [0.15, 0.2) is 35.2 Å². The molecule has 0 aromatic rings. The van der Waals surface area contributed by atoms with Gasteiger partial charge in [-0.05, 0) is 97.8 Å². The minimum atomic E-state index is -1.42. The third kappa shape index (κ3) is 11.4. The van der Waals surface area contributed by atoms with E-state index >= 15 is 0 Å². The predicted octanol–water partition coefficient (Wildman–Crippen LogP) is 2.86. The molecule has 18 aliphatic rings. The van der Waals surface area contributed by atoms with Gasteiger partial charge in [0.25, 0.3) is 24.5 Å². The fraction of sp³-hybridized carbons (Fsp3) is 0.600. The van der Waals surface area contributed by atoms with Crippen LogP contribution in [0.3, 0.4) is 0 Å². The van der Waals surface area contributed by atoms with Crippen LogP contribution in [-0.2, 0) is 143 Å². The first-order valence-corrected chi connectivity index (χ1v) is 35.5. The van der Waals surface area contributed by atoms with Gasteiger partial charge in [0, 0.05) is 82.3 Å². The molecular formula is C75H76N2O32. The molecule has 0 aromatic heterocycles. The van der Waals surface area contributed by atoms with E-state index in [-0.39, 0.29) is 144 Å². The number of nitriles is 2. The Bertz CT molecular complexity index is 4240. The van der Waals surface area contributed by atoms with Crippen molar-refractivity contribution in [2.24, 2.45) is 105 Å².